The maximum Gasteiger partial charge on any atom is 0.274 e. The molecule has 0 spiro atoms. The van der Waals surface area contributed by atoms with Crippen LogP contribution in [0, 0.1) is 0 Å². The number of aryl methyl sites for hydroxylation is 1. The number of nitrogens with one attached hydrogen (secondary N) is 1. The van der Waals surface area contributed by atoms with Crippen molar-refractivity contribution in [2.45, 2.75) is 19.3 Å². The Kier molecular flexibility index (Phi) is 5.63. The van der Waals surface area contributed by atoms with E-state index >= 15 is 0 Å². The number of piperidine rings is 1. The highest BCUT2D eigenvalue weighted by Gasteiger charge is 2.25. The van der Waals surface area contributed by atoms with E-state index in [-0.39, 0.29) is 11.8 Å². The predicted octanol–water partition coefficient (Wildman–Crippen LogP) is 2.32. The van der Waals surface area contributed by atoms with Crippen molar-refractivity contribution in [1.82, 2.24) is 14.7 Å². The number of likely N-dealkylation sites (tertiary alicyclic amines) is 1. The Morgan fingerprint density at radius 3 is 2.52 bits per heavy atom. The monoisotopic (exact) mass is 372 g/mol. The molecule has 1 aromatic carbocycles. The molecule has 8 heteroatoms. The van der Waals surface area contributed by atoms with E-state index in [1.165, 1.54) is 18.0 Å². The van der Waals surface area contributed by atoms with Gasteiger partial charge in [0.2, 0.25) is 0 Å². The molecule has 0 radical (unpaired) electrons. The van der Waals surface area contributed by atoms with Gasteiger partial charge in [0.15, 0.2) is 0 Å². The van der Waals surface area contributed by atoms with Gasteiger partial charge in [-0.2, -0.15) is 5.10 Å². The lowest BCUT2D eigenvalue weighted by atomic mass is 10.1. The molecule has 2 amide bonds. The van der Waals surface area contributed by atoms with Crippen molar-refractivity contribution < 1.29 is 19.1 Å². The first-order chi connectivity index (χ1) is 13.0. The first kappa shape index (κ1) is 18.8. The average molecular weight is 372 g/mol. The summed E-state index contributed by atoms with van der Waals surface area (Å²) in [6, 6.07) is 4.94. The first-order valence-corrected chi connectivity index (χ1v) is 8.89. The van der Waals surface area contributed by atoms with Crippen LogP contribution in [-0.2, 0) is 7.05 Å². The Labute approximate surface area is 158 Å². The zero-order valence-corrected chi connectivity index (χ0v) is 15.8. The minimum absolute atomic E-state index is 0.119. The third-order valence-electron chi connectivity index (χ3n) is 4.69. The molecule has 0 unspecified atom stereocenters. The van der Waals surface area contributed by atoms with Crippen molar-refractivity contribution in [3.63, 3.8) is 0 Å². The van der Waals surface area contributed by atoms with E-state index in [9.17, 15) is 9.59 Å². The molecule has 1 fully saturated rings. The minimum Gasteiger partial charge on any atom is -0.497 e. The van der Waals surface area contributed by atoms with Crippen LogP contribution in [0.4, 0.5) is 5.69 Å². The standard InChI is InChI=1S/C19H24N4O4/c1-22-17(19(25)23-9-5-4-6-10-23)15(12-20-22)21-18(24)14-8-7-13(26-2)11-16(14)27-3/h7-8,11-12H,4-6,9-10H2,1-3H3,(H,21,24). The molecule has 2 aromatic rings. The average Bonchev–Trinajstić information content (AvgIpc) is 3.07. The second-order valence-electron chi connectivity index (χ2n) is 6.40. The van der Waals surface area contributed by atoms with Gasteiger partial charge < -0.3 is 19.7 Å². The molecule has 0 saturated carbocycles. The lowest BCUT2D eigenvalue weighted by Gasteiger charge is -2.27. The summed E-state index contributed by atoms with van der Waals surface area (Å²) < 4.78 is 11.9. The van der Waals surface area contributed by atoms with Gasteiger partial charge in [0, 0.05) is 26.2 Å². The molecule has 1 N–H and O–H groups in total. The smallest absolute Gasteiger partial charge is 0.274 e. The van der Waals surface area contributed by atoms with E-state index < -0.39 is 0 Å². The molecule has 1 aliphatic heterocycles. The highest BCUT2D eigenvalue weighted by atomic mass is 16.5. The molecule has 1 saturated heterocycles. The van der Waals surface area contributed by atoms with Gasteiger partial charge in [-0.3, -0.25) is 14.3 Å². The van der Waals surface area contributed by atoms with Crippen molar-refractivity contribution in [2.24, 2.45) is 7.05 Å². The summed E-state index contributed by atoms with van der Waals surface area (Å²) in [5.74, 6) is 0.479. The van der Waals surface area contributed by atoms with Gasteiger partial charge in [0.25, 0.3) is 11.8 Å². The Bertz CT molecular complexity index is 840. The largest absolute Gasteiger partial charge is 0.497 e. The van der Waals surface area contributed by atoms with Gasteiger partial charge in [0.1, 0.15) is 17.2 Å². The van der Waals surface area contributed by atoms with E-state index in [2.05, 4.69) is 10.4 Å². The Hall–Kier alpha value is -3.03. The maximum absolute atomic E-state index is 12.9. The van der Waals surface area contributed by atoms with Crippen LogP contribution >= 0.6 is 0 Å². The number of nitrogens with zero attached hydrogens (tertiary/aromatic N) is 3. The zero-order valence-electron chi connectivity index (χ0n) is 15.8. The van der Waals surface area contributed by atoms with Gasteiger partial charge in [-0.05, 0) is 31.4 Å². The highest BCUT2D eigenvalue weighted by Crippen LogP contribution is 2.26. The molecule has 2 heterocycles. The van der Waals surface area contributed by atoms with Crippen molar-refractivity contribution in [1.29, 1.82) is 0 Å². The minimum atomic E-state index is -0.379. The molecular formula is C19H24N4O4. The highest BCUT2D eigenvalue weighted by molar-refractivity contribution is 6.09. The van der Waals surface area contributed by atoms with Gasteiger partial charge in [-0.25, -0.2) is 0 Å². The van der Waals surface area contributed by atoms with Crippen LogP contribution in [0.1, 0.15) is 40.1 Å². The molecular weight excluding hydrogens is 348 g/mol. The van der Waals surface area contributed by atoms with Crippen LogP contribution in [-0.4, -0.2) is 53.8 Å². The molecule has 8 nitrogen and oxygen atoms in total. The number of anilines is 1. The van der Waals surface area contributed by atoms with E-state index in [1.54, 1.807) is 32.4 Å². The summed E-state index contributed by atoms with van der Waals surface area (Å²) in [7, 11) is 4.73. The molecule has 144 valence electrons. The van der Waals surface area contributed by atoms with Gasteiger partial charge in [0.05, 0.1) is 31.7 Å². The lowest BCUT2D eigenvalue weighted by molar-refractivity contribution is 0.0714. The summed E-state index contributed by atoms with van der Waals surface area (Å²) in [5.41, 5.74) is 1.10. The third kappa shape index (κ3) is 3.89. The predicted molar refractivity (Wildman–Crippen MR) is 100 cm³/mol. The molecule has 3 rings (SSSR count). The number of amides is 2. The fourth-order valence-corrected chi connectivity index (χ4v) is 3.21. The van der Waals surface area contributed by atoms with Gasteiger partial charge in [-0.15, -0.1) is 0 Å². The summed E-state index contributed by atoms with van der Waals surface area (Å²) in [5, 5.41) is 6.94. The van der Waals surface area contributed by atoms with Crippen LogP contribution in [0.5, 0.6) is 11.5 Å². The summed E-state index contributed by atoms with van der Waals surface area (Å²) in [6.07, 6.45) is 4.61. The topological polar surface area (TPSA) is 85.7 Å². The number of hydrogen-bond acceptors (Lipinski definition) is 5. The fraction of sp³-hybridized carbons (Fsp3) is 0.421. The lowest BCUT2D eigenvalue weighted by Crippen LogP contribution is -2.37. The summed E-state index contributed by atoms with van der Waals surface area (Å²) in [4.78, 5) is 27.5. The second-order valence-corrected chi connectivity index (χ2v) is 6.40. The van der Waals surface area contributed by atoms with Crippen LogP contribution in [0.2, 0.25) is 0 Å². The van der Waals surface area contributed by atoms with Crippen LogP contribution in [0.15, 0.2) is 24.4 Å². The Morgan fingerprint density at radius 2 is 1.85 bits per heavy atom. The SMILES string of the molecule is COc1ccc(C(=O)Nc2cnn(C)c2C(=O)N2CCCCC2)c(OC)c1. The number of methoxy groups -OCH3 is 2. The quantitative estimate of drug-likeness (QED) is 0.871. The molecule has 0 bridgehead atoms. The molecule has 27 heavy (non-hydrogen) atoms. The van der Waals surface area contributed by atoms with E-state index in [4.69, 9.17) is 9.47 Å². The van der Waals surface area contributed by atoms with E-state index in [0.717, 1.165) is 32.4 Å². The molecule has 0 aliphatic carbocycles. The van der Waals surface area contributed by atoms with Crippen LogP contribution in [0.25, 0.3) is 0 Å². The molecule has 0 atom stereocenters. The fourth-order valence-electron chi connectivity index (χ4n) is 3.21. The Morgan fingerprint density at radius 1 is 1.11 bits per heavy atom. The van der Waals surface area contributed by atoms with E-state index in [0.29, 0.717) is 28.4 Å². The molecule has 1 aliphatic rings. The number of rotatable bonds is 5. The van der Waals surface area contributed by atoms with Crippen LogP contribution < -0.4 is 14.8 Å². The normalized spacial score (nSPS) is 14.0. The second kappa shape index (κ2) is 8.11. The number of aromatic nitrogens is 2. The van der Waals surface area contributed by atoms with Crippen LogP contribution in [0.3, 0.4) is 0 Å². The Balaban J connectivity index is 1.84. The number of carbonyl (C=O) groups is 2. The number of hydrogen-bond donors (Lipinski definition) is 1. The third-order valence-corrected chi connectivity index (χ3v) is 4.69. The zero-order chi connectivity index (χ0) is 19.4. The van der Waals surface area contributed by atoms with Crippen molar-refractivity contribution >= 4 is 17.5 Å². The first-order valence-electron chi connectivity index (χ1n) is 8.89. The van der Waals surface area contributed by atoms with Crippen molar-refractivity contribution in [2.75, 3.05) is 32.6 Å². The van der Waals surface area contributed by atoms with E-state index in [1.807, 2.05) is 4.90 Å². The number of carbonyl (C=O) groups excluding carboxylic acids is 2. The number of ether oxygens (including phenoxy) is 2. The number of benzene rings is 1. The maximum atomic E-state index is 12.9. The van der Waals surface area contributed by atoms with Gasteiger partial charge >= 0.3 is 0 Å². The van der Waals surface area contributed by atoms with Crippen molar-refractivity contribution in [3.05, 3.63) is 35.7 Å². The van der Waals surface area contributed by atoms with Crippen molar-refractivity contribution in [3.8, 4) is 11.5 Å². The molecule has 1 aromatic heterocycles. The summed E-state index contributed by atoms with van der Waals surface area (Å²) in [6.45, 7) is 1.45. The van der Waals surface area contributed by atoms with Gasteiger partial charge in [-0.1, -0.05) is 0 Å². The summed E-state index contributed by atoms with van der Waals surface area (Å²) >= 11 is 0.